The van der Waals surface area contributed by atoms with Crippen molar-refractivity contribution >= 4 is 28.3 Å². The summed E-state index contributed by atoms with van der Waals surface area (Å²) in [4.78, 5) is 31.8. The Morgan fingerprint density at radius 2 is 1.70 bits per heavy atom. The summed E-state index contributed by atoms with van der Waals surface area (Å²) in [6.45, 7) is 0. The Bertz CT molecular complexity index is 1310. The fraction of sp³-hybridized carbons (Fsp3) is 0.130. The van der Waals surface area contributed by atoms with Gasteiger partial charge in [0.2, 0.25) is 11.5 Å². The van der Waals surface area contributed by atoms with E-state index in [9.17, 15) is 14.9 Å². The quantitative estimate of drug-likeness (QED) is 0.316. The van der Waals surface area contributed by atoms with Crippen LogP contribution in [0, 0.1) is 10.1 Å². The SMILES string of the molecule is COc1cc(C(=O)Nc2ccc(-c3nc4ccccc4[nH]3)cc2)c([N+](=O)[O-])c(OC)c1OC. The van der Waals surface area contributed by atoms with Gasteiger partial charge in [-0.3, -0.25) is 14.9 Å². The number of nitrogens with one attached hydrogen (secondary N) is 2. The zero-order valence-corrected chi connectivity index (χ0v) is 18.0. The molecule has 0 aliphatic rings. The molecule has 0 radical (unpaired) electrons. The Kier molecular flexibility index (Phi) is 5.81. The first-order valence-electron chi connectivity index (χ1n) is 9.80. The summed E-state index contributed by atoms with van der Waals surface area (Å²) < 4.78 is 15.6. The maximum Gasteiger partial charge on any atom is 0.327 e. The number of carbonyl (C=O) groups is 1. The van der Waals surface area contributed by atoms with Crippen LogP contribution in [0.2, 0.25) is 0 Å². The average molecular weight is 448 g/mol. The summed E-state index contributed by atoms with van der Waals surface area (Å²) in [5, 5.41) is 14.4. The zero-order chi connectivity index (χ0) is 23.5. The predicted octanol–water partition coefficient (Wildman–Crippen LogP) is 4.42. The van der Waals surface area contributed by atoms with Crippen LogP contribution in [0.1, 0.15) is 10.4 Å². The van der Waals surface area contributed by atoms with Gasteiger partial charge in [-0.25, -0.2) is 4.98 Å². The van der Waals surface area contributed by atoms with Crippen molar-refractivity contribution in [1.82, 2.24) is 9.97 Å². The molecule has 2 N–H and O–H groups in total. The smallest absolute Gasteiger partial charge is 0.327 e. The van der Waals surface area contributed by atoms with E-state index in [0.29, 0.717) is 11.5 Å². The first-order chi connectivity index (χ1) is 16.0. The maximum atomic E-state index is 13.0. The molecule has 10 nitrogen and oxygen atoms in total. The van der Waals surface area contributed by atoms with Crippen LogP contribution in [0.15, 0.2) is 54.6 Å². The highest BCUT2D eigenvalue weighted by molar-refractivity contribution is 6.08. The lowest BCUT2D eigenvalue weighted by atomic mass is 10.1. The normalized spacial score (nSPS) is 10.6. The molecule has 1 heterocycles. The summed E-state index contributed by atoms with van der Waals surface area (Å²) in [6.07, 6.45) is 0. The van der Waals surface area contributed by atoms with Gasteiger partial charge in [0.05, 0.1) is 37.3 Å². The van der Waals surface area contributed by atoms with Crippen molar-refractivity contribution < 1.29 is 23.9 Å². The fourth-order valence-corrected chi connectivity index (χ4v) is 3.49. The lowest BCUT2D eigenvalue weighted by molar-refractivity contribution is -0.386. The summed E-state index contributed by atoms with van der Waals surface area (Å²) in [7, 11) is 3.94. The number of carbonyl (C=O) groups excluding carboxylic acids is 1. The van der Waals surface area contributed by atoms with Gasteiger partial charge in [0.25, 0.3) is 5.91 Å². The van der Waals surface area contributed by atoms with E-state index in [1.807, 2.05) is 24.3 Å². The van der Waals surface area contributed by atoms with E-state index >= 15 is 0 Å². The minimum absolute atomic E-state index is 0.0263. The Hall–Kier alpha value is -4.60. The minimum Gasteiger partial charge on any atom is -0.493 e. The molecular weight excluding hydrogens is 428 g/mol. The first kappa shape index (κ1) is 21.6. The monoisotopic (exact) mass is 448 g/mol. The van der Waals surface area contributed by atoms with Crippen LogP contribution in [0.4, 0.5) is 11.4 Å². The van der Waals surface area contributed by atoms with Crippen LogP contribution in [0.25, 0.3) is 22.4 Å². The molecule has 1 aromatic heterocycles. The Morgan fingerprint density at radius 1 is 1.00 bits per heavy atom. The lowest BCUT2D eigenvalue weighted by Gasteiger charge is -2.15. The molecule has 0 unspecified atom stereocenters. The van der Waals surface area contributed by atoms with E-state index in [4.69, 9.17) is 14.2 Å². The van der Waals surface area contributed by atoms with Gasteiger partial charge in [0, 0.05) is 17.3 Å². The summed E-state index contributed by atoms with van der Waals surface area (Å²) in [5.41, 5.74) is 2.28. The number of methoxy groups -OCH3 is 3. The molecule has 0 spiro atoms. The lowest BCUT2D eigenvalue weighted by Crippen LogP contribution is -2.15. The van der Waals surface area contributed by atoms with Crippen LogP contribution < -0.4 is 19.5 Å². The number of ether oxygens (including phenoxy) is 3. The van der Waals surface area contributed by atoms with Crippen molar-refractivity contribution in [3.63, 3.8) is 0 Å². The van der Waals surface area contributed by atoms with Crippen molar-refractivity contribution in [2.45, 2.75) is 0 Å². The Balaban J connectivity index is 1.64. The van der Waals surface area contributed by atoms with Gasteiger partial charge in [-0.15, -0.1) is 0 Å². The van der Waals surface area contributed by atoms with E-state index in [1.54, 1.807) is 24.3 Å². The van der Waals surface area contributed by atoms with Gasteiger partial charge >= 0.3 is 5.69 Å². The number of nitro benzene ring substituents is 1. The second-order valence-electron chi connectivity index (χ2n) is 6.93. The average Bonchev–Trinajstić information content (AvgIpc) is 3.27. The molecule has 3 aromatic carbocycles. The molecule has 4 aromatic rings. The van der Waals surface area contributed by atoms with Crippen LogP contribution >= 0.6 is 0 Å². The molecule has 4 rings (SSSR count). The standard InChI is InChI=1S/C23H20N4O6/c1-31-18-12-15(19(27(29)30)21(33-3)20(18)32-2)23(28)24-14-10-8-13(9-11-14)22-25-16-6-4-5-7-17(16)26-22/h4-12H,1-3H3,(H,24,28)(H,25,26). The number of hydrogen-bond donors (Lipinski definition) is 2. The number of imidazole rings is 1. The second-order valence-corrected chi connectivity index (χ2v) is 6.93. The van der Waals surface area contributed by atoms with Crippen molar-refractivity contribution in [2.75, 3.05) is 26.6 Å². The molecule has 33 heavy (non-hydrogen) atoms. The molecule has 0 aliphatic carbocycles. The van der Waals surface area contributed by atoms with E-state index in [0.717, 1.165) is 16.6 Å². The number of benzene rings is 3. The highest BCUT2D eigenvalue weighted by atomic mass is 16.6. The van der Waals surface area contributed by atoms with Crippen LogP contribution in [-0.2, 0) is 0 Å². The number of anilines is 1. The summed E-state index contributed by atoms with van der Waals surface area (Å²) in [5.74, 6) is -0.0530. The summed E-state index contributed by atoms with van der Waals surface area (Å²) in [6, 6.07) is 15.9. The number of hydrogen-bond acceptors (Lipinski definition) is 7. The molecular formula is C23H20N4O6. The Labute approximate surface area is 188 Å². The molecule has 0 atom stereocenters. The van der Waals surface area contributed by atoms with Crippen molar-refractivity contribution in [1.29, 1.82) is 0 Å². The number of H-pyrrole nitrogens is 1. The predicted molar refractivity (Wildman–Crippen MR) is 122 cm³/mol. The number of amides is 1. The number of nitro groups is 1. The fourth-order valence-electron chi connectivity index (χ4n) is 3.49. The molecule has 0 fully saturated rings. The van der Waals surface area contributed by atoms with Crippen LogP contribution in [-0.4, -0.2) is 42.1 Å². The van der Waals surface area contributed by atoms with Gasteiger partial charge in [-0.05, 0) is 36.4 Å². The molecule has 0 saturated carbocycles. The summed E-state index contributed by atoms with van der Waals surface area (Å²) >= 11 is 0. The topological polar surface area (TPSA) is 129 Å². The molecule has 1 amide bonds. The van der Waals surface area contributed by atoms with Gasteiger partial charge in [0.15, 0.2) is 5.75 Å². The highest BCUT2D eigenvalue weighted by Gasteiger charge is 2.32. The van der Waals surface area contributed by atoms with E-state index in [1.165, 1.54) is 27.4 Å². The minimum atomic E-state index is -0.697. The van der Waals surface area contributed by atoms with Crippen LogP contribution in [0.5, 0.6) is 17.2 Å². The van der Waals surface area contributed by atoms with Gasteiger partial charge in [-0.2, -0.15) is 0 Å². The van der Waals surface area contributed by atoms with Crippen molar-refractivity contribution in [3.8, 4) is 28.6 Å². The van der Waals surface area contributed by atoms with E-state index < -0.39 is 16.5 Å². The highest BCUT2D eigenvalue weighted by Crippen LogP contribution is 2.46. The Morgan fingerprint density at radius 3 is 2.30 bits per heavy atom. The third kappa shape index (κ3) is 4.01. The second kappa shape index (κ2) is 8.87. The molecule has 10 heteroatoms. The molecule has 0 bridgehead atoms. The van der Waals surface area contributed by atoms with Gasteiger partial charge < -0.3 is 24.5 Å². The number of rotatable bonds is 7. The molecule has 0 saturated heterocycles. The largest absolute Gasteiger partial charge is 0.493 e. The third-order valence-corrected chi connectivity index (χ3v) is 5.04. The van der Waals surface area contributed by atoms with E-state index in [2.05, 4.69) is 15.3 Å². The number of aromatic nitrogens is 2. The van der Waals surface area contributed by atoms with Crippen LogP contribution in [0.3, 0.4) is 0 Å². The number of nitrogens with zero attached hydrogens (tertiary/aromatic N) is 2. The van der Waals surface area contributed by atoms with Gasteiger partial charge in [0.1, 0.15) is 11.4 Å². The molecule has 0 aliphatic heterocycles. The first-order valence-corrected chi connectivity index (χ1v) is 9.80. The van der Waals surface area contributed by atoms with E-state index in [-0.39, 0.29) is 22.8 Å². The zero-order valence-electron chi connectivity index (χ0n) is 18.0. The number of aromatic amines is 1. The van der Waals surface area contributed by atoms with Crippen molar-refractivity contribution in [3.05, 3.63) is 70.3 Å². The molecule has 168 valence electrons. The maximum absolute atomic E-state index is 13.0. The number of para-hydroxylation sites is 2. The third-order valence-electron chi connectivity index (χ3n) is 5.04. The number of fused-ring (bicyclic) bond motifs is 1. The van der Waals surface area contributed by atoms with Gasteiger partial charge in [-0.1, -0.05) is 12.1 Å². The van der Waals surface area contributed by atoms with Crippen molar-refractivity contribution in [2.24, 2.45) is 0 Å².